The fourth-order valence-corrected chi connectivity index (χ4v) is 3.74. The fourth-order valence-electron chi connectivity index (χ4n) is 3.74. The van der Waals surface area contributed by atoms with Gasteiger partial charge in [-0.15, -0.1) is 0 Å². The Morgan fingerprint density at radius 2 is 2.17 bits per heavy atom. The minimum Gasteiger partial charge on any atom is -0.353 e. The molecule has 3 fully saturated rings. The minimum absolute atomic E-state index is 0.263. The summed E-state index contributed by atoms with van der Waals surface area (Å²) >= 11 is 0. The van der Waals surface area contributed by atoms with Crippen molar-refractivity contribution in [3.05, 3.63) is 0 Å². The zero-order valence-electron chi connectivity index (χ0n) is 11.2. The molecule has 3 rings (SSSR count). The Morgan fingerprint density at radius 3 is 3.00 bits per heavy atom. The van der Waals surface area contributed by atoms with Gasteiger partial charge in [-0.2, -0.15) is 0 Å². The molecule has 2 N–H and O–H groups in total. The molecule has 3 atom stereocenters. The smallest absolute Gasteiger partial charge is 0.220 e. The molecule has 0 aromatic carbocycles. The number of piperidine rings is 3. The van der Waals surface area contributed by atoms with Gasteiger partial charge in [0.25, 0.3) is 0 Å². The minimum atomic E-state index is 0.263. The zero-order valence-corrected chi connectivity index (χ0v) is 11.2. The Kier molecular flexibility index (Phi) is 3.85. The Bertz CT molecular complexity index is 301. The second-order valence-corrected chi connectivity index (χ2v) is 6.17. The first-order valence-corrected chi connectivity index (χ1v) is 7.56. The van der Waals surface area contributed by atoms with E-state index in [0.29, 0.717) is 18.0 Å². The Balaban J connectivity index is 1.49. The monoisotopic (exact) mass is 251 g/mol. The Labute approximate surface area is 109 Å². The van der Waals surface area contributed by atoms with E-state index < -0.39 is 0 Å². The maximum atomic E-state index is 11.4. The standard InChI is InChI=1S/C14H25N3O/c18-14-5-4-11-9-17(8-6-13(11)16-14)10-12-3-1-2-7-15-12/h11-13,15H,1-10H2,(H,16,18). The van der Waals surface area contributed by atoms with Crippen LogP contribution in [0, 0.1) is 5.92 Å². The van der Waals surface area contributed by atoms with Crippen molar-refractivity contribution < 1.29 is 4.79 Å². The summed E-state index contributed by atoms with van der Waals surface area (Å²) in [5, 5.41) is 6.80. The molecule has 0 aromatic rings. The molecule has 4 nitrogen and oxygen atoms in total. The predicted molar refractivity (Wildman–Crippen MR) is 71.4 cm³/mol. The van der Waals surface area contributed by atoms with Gasteiger partial charge in [-0.05, 0) is 38.1 Å². The van der Waals surface area contributed by atoms with Crippen LogP contribution in [-0.4, -0.2) is 49.1 Å². The van der Waals surface area contributed by atoms with Crippen molar-refractivity contribution in [2.75, 3.05) is 26.2 Å². The molecule has 0 radical (unpaired) electrons. The van der Waals surface area contributed by atoms with E-state index in [4.69, 9.17) is 0 Å². The molecule has 3 aliphatic heterocycles. The highest BCUT2D eigenvalue weighted by atomic mass is 16.1. The van der Waals surface area contributed by atoms with Gasteiger partial charge in [-0.3, -0.25) is 4.79 Å². The summed E-state index contributed by atoms with van der Waals surface area (Å²) in [6.07, 6.45) is 7.02. The summed E-state index contributed by atoms with van der Waals surface area (Å²) in [5.41, 5.74) is 0. The van der Waals surface area contributed by atoms with Gasteiger partial charge in [0.05, 0.1) is 0 Å². The van der Waals surface area contributed by atoms with Crippen LogP contribution >= 0.6 is 0 Å². The number of rotatable bonds is 2. The highest BCUT2D eigenvalue weighted by Crippen LogP contribution is 2.25. The molecule has 0 bridgehead atoms. The van der Waals surface area contributed by atoms with E-state index in [1.807, 2.05) is 0 Å². The Hall–Kier alpha value is -0.610. The maximum Gasteiger partial charge on any atom is 0.220 e. The molecular formula is C14H25N3O. The van der Waals surface area contributed by atoms with Crippen LogP contribution in [-0.2, 0) is 4.79 Å². The number of nitrogens with zero attached hydrogens (tertiary/aromatic N) is 1. The van der Waals surface area contributed by atoms with Crippen LogP contribution in [0.25, 0.3) is 0 Å². The van der Waals surface area contributed by atoms with Crippen molar-refractivity contribution >= 4 is 5.91 Å². The first kappa shape index (κ1) is 12.4. The van der Waals surface area contributed by atoms with Crippen LogP contribution in [0.3, 0.4) is 0 Å². The molecule has 18 heavy (non-hydrogen) atoms. The lowest BCUT2D eigenvalue weighted by Crippen LogP contribution is -2.56. The first-order chi connectivity index (χ1) is 8.81. The van der Waals surface area contributed by atoms with Gasteiger partial charge in [0, 0.05) is 38.1 Å². The van der Waals surface area contributed by atoms with E-state index in [-0.39, 0.29) is 5.91 Å². The van der Waals surface area contributed by atoms with E-state index in [1.165, 1.54) is 38.9 Å². The van der Waals surface area contributed by atoms with E-state index in [1.54, 1.807) is 0 Å². The van der Waals surface area contributed by atoms with Crippen LogP contribution in [0.4, 0.5) is 0 Å². The van der Waals surface area contributed by atoms with Gasteiger partial charge in [0.15, 0.2) is 0 Å². The maximum absolute atomic E-state index is 11.4. The average molecular weight is 251 g/mol. The van der Waals surface area contributed by atoms with Gasteiger partial charge in [-0.1, -0.05) is 6.42 Å². The fraction of sp³-hybridized carbons (Fsp3) is 0.929. The lowest BCUT2D eigenvalue weighted by atomic mass is 9.85. The molecular weight excluding hydrogens is 226 g/mol. The average Bonchev–Trinajstić information content (AvgIpc) is 2.40. The molecule has 3 saturated heterocycles. The molecule has 3 unspecified atom stereocenters. The topological polar surface area (TPSA) is 44.4 Å². The lowest BCUT2D eigenvalue weighted by Gasteiger charge is -2.42. The van der Waals surface area contributed by atoms with Crippen molar-refractivity contribution in [1.82, 2.24) is 15.5 Å². The number of likely N-dealkylation sites (tertiary alicyclic amines) is 1. The number of fused-ring (bicyclic) bond motifs is 1. The third-order valence-electron chi connectivity index (χ3n) is 4.80. The molecule has 102 valence electrons. The zero-order chi connectivity index (χ0) is 12.4. The van der Waals surface area contributed by atoms with E-state index in [0.717, 1.165) is 25.8 Å². The van der Waals surface area contributed by atoms with Crippen molar-refractivity contribution in [2.24, 2.45) is 5.92 Å². The van der Waals surface area contributed by atoms with Crippen LogP contribution in [0.5, 0.6) is 0 Å². The number of hydrogen-bond donors (Lipinski definition) is 2. The van der Waals surface area contributed by atoms with Gasteiger partial charge in [0.2, 0.25) is 5.91 Å². The highest BCUT2D eigenvalue weighted by Gasteiger charge is 2.34. The van der Waals surface area contributed by atoms with E-state index >= 15 is 0 Å². The van der Waals surface area contributed by atoms with Gasteiger partial charge >= 0.3 is 0 Å². The number of carbonyl (C=O) groups excluding carboxylic acids is 1. The summed E-state index contributed by atoms with van der Waals surface area (Å²) in [7, 11) is 0. The number of amides is 1. The Morgan fingerprint density at radius 1 is 1.22 bits per heavy atom. The molecule has 0 spiro atoms. The first-order valence-electron chi connectivity index (χ1n) is 7.56. The molecule has 0 saturated carbocycles. The van der Waals surface area contributed by atoms with Crippen molar-refractivity contribution in [1.29, 1.82) is 0 Å². The van der Waals surface area contributed by atoms with Crippen LogP contribution < -0.4 is 10.6 Å². The van der Waals surface area contributed by atoms with Crippen molar-refractivity contribution in [2.45, 2.75) is 50.6 Å². The molecule has 0 aromatic heterocycles. The lowest BCUT2D eigenvalue weighted by molar-refractivity contribution is -0.125. The number of carbonyl (C=O) groups is 1. The second kappa shape index (κ2) is 5.57. The van der Waals surface area contributed by atoms with Crippen molar-refractivity contribution in [3.8, 4) is 0 Å². The molecule has 4 heteroatoms. The highest BCUT2D eigenvalue weighted by molar-refractivity contribution is 5.77. The van der Waals surface area contributed by atoms with Gasteiger partial charge in [-0.25, -0.2) is 0 Å². The number of nitrogens with one attached hydrogen (secondary N) is 2. The second-order valence-electron chi connectivity index (χ2n) is 6.17. The predicted octanol–water partition coefficient (Wildman–Crippen LogP) is 0.729. The van der Waals surface area contributed by atoms with E-state index in [9.17, 15) is 4.79 Å². The van der Waals surface area contributed by atoms with Crippen LogP contribution in [0.2, 0.25) is 0 Å². The third kappa shape index (κ3) is 2.86. The summed E-state index contributed by atoms with van der Waals surface area (Å²) < 4.78 is 0. The largest absolute Gasteiger partial charge is 0.353 e. The molecule has 1 amide bonds. The van der Waals surface area contributed by atoms with Crippen LogP contribution in [0.1, 0.15) is 38.5 Å². The van der Waals surface area contributed by atoms with Crippen LogP contribution in [0.15, 0.2) is 0 Å². The van der Waals surface area contributed by atoms with Gasteiger partial charge < -0.3 is 15.5 Å². The van der Waals surface area contributed by atoms with Crippen molar-refractivity contribution in [3.63, 3.8) is 0 Å². The summed E-state index contributed by atoms with van der Waals surface area (Å²) in [4.78, 5) is 14.0. The van der Waals surface area contributed by atoms with Gasteiger partial charge in [0.1, 0.15) is 0 Å². The molecule has 3 heterocycles. The molecule has 3 aliphatic rings. The summed E-state index contributed by atoms with van der Waals surface area (Å²) in [6.45, 7) is 4.74. The summed E-state index contributed by atoms with van der Waals surface area (Å²) in [5.74, 6) is 0.957. The quantitative estimate of drug-likeness (QED) is 0.760. The SMILES string of the molecule is O=C1CCC2CN(CC3CCCCN3)CCC2N1. The summed E-state index contributed by atoms with van der Waals surface area (Å²) in [6, 6.07) is 1.16. The van der Waals surface area contributed by atoms with E-state index in [2.05, 4.69) is 15.5 Å². The normalized spacial score (nSPS) is 38.0. The number of hydrogen-bond acceptors (Lipinski definition) is 3. The third-order valence-corrected chi connectivity index (χ3v) is 4.80. The molecule has 0 aliphatic carbocycles.